The maximum Gasteiger partial charge on any atom is 0.286 e. The summed E-state index contributed by atoms with van der Waals surface area (Å²) >= 11 is 8.05. The molecular formula is C29H28N4O4S3. The molecule has 206 valence electrons. The summed E-state index contributed by atoms with van der Waals surface area (Å²) in [4.78, 5) is 49.1. The number of benzene rings is 2. The number of amides is 3. The van der Waals surface area contributed by atoms with Gasteiger partial charge in [-0.2, -0.15) is 4.99 Å². The summed E-state index contributed by atoms with van der Waals surface area (Å²) in [5.74, 6) is 0.305. The van der Waals surface area contributed by atoms with Gasteiger partial charge in [-0.3, -0.25) is 19.3 Å². The number of aliphatic imine (C=N–C) groups is 1. The first kappa shape index (κ1) is 28.1. The van der Waals surface area contributed by atoms with Crippen LogP contribution in [0.3, 0.4) is 0 Å². The van der Waals surface area contributed by atoms with Gasteiger partial charge in [-0.05, 0) is 54.1 Å². The molecule has 3 aliphatic rings. The van der Waals surface area contributed by atoms with Gasteiger partial charge in [0.2, 0.25) is 5.91 Å². The first-order valence-corrected chi connectivity index (χ1v) is 14.9. The number of thioether (sulfide) groups is 2. The SMILES string of the molecule is COc1ccc(C=C2SC(=S)N(CCC(=O)N3CCN(C4=NC(=O)C(=Cc5ccc(C)cc5)S4)CC3)C2=O)cc1. The highest BCUT2D eigenvalue weighted by Crippen LogP contribution is 2.33. The van der Waals surface area contributed by atoms with E-state index in [2.05, 4.69) is 4.99 Å². The molecule has 3 heterocycles. The topological polar surface area (TPSA) is 82.5 Å². The summed E-state index contributed by atoms with van der Waals surface area (Å²) in [6.07, 6.45) is 3.86. The molecule has 0 atom stereocenters. The maximum atomic E-state index is 13.0. The van der Waals surface area contributed by atoms with Crippen LogP contribution < -0.4 is 4.74 Å². The average Bonchev–Trinajstić information content (AvgIpc) is 3.46. The van der Waals surface area contributed by atoms with E-state index >= 15 is 0 Å². The minimum Gasteiger partial charge on any atom is -0.497 e. The van der Waals surface area contributed by atoms with E-state index in [4.69, 9.17) is 17.0 Å². The van der Waals surface area contributed by atoms with E-state index in [-0.39, 0.29) is 30.7 Å². The summed E-state index contributed by atoms with van der Waals surface area (Å²) in [6, 6.07) is 15.4. The van der Waals surface area contributed by atoms with Gasteiger partial charge in [0, 0.05) is 39.1 Å². The number of hydrogen-bond donors (Lipinski definition) is 0. The van der Waals surface area contributed by atoms with E-state index in [1.807, 2.05) is 66.4 Å². The summed E-state index contributed by atoms with van der Waals surface area (Å²) in [6.45, 7) is 4.51. The lowest BCUT2D eigenvalue weighted by Crippen LogP contribution is -2.50. The van der Waals surface area contributed by atoms with Crippen LogP contribution in [0.1, 0.15) is 23.1 Å². The van der Waals surface area contributed by atoms with E-state index in [1.165, 1.54) is 28.4 Å². The molecule has 3 amide bonds. The van der Waals surface area contributed by atoms with Crippen LogP contribution in [0.4, 0.5) is 0 Å². The molecule has 2 aromatic carbocycles. The number of thiocarbonyl (C=S) groups is 1. The minimum absolute atomic E-state index is 0.0233. The van der Waals surface area contributed by atoms with Crippen molar-refractivity contribution in [3.05, 3.63) is 75.0 Å². The normalized spacial score (nSPS) is 19.7. The monoisotopic (exact) mass is 592 g/mol. The Labute approximate surface area is 247 Å². The molecule has 2 aromatic rings. The molecule has 2 fully saturated rings. The Morgan fingerprint density at radius 1 is 0.950 bits per heavy atom. The molecule has 11 heteroatoms. The van der Waals surface area contributed by atoms with Crippen LogP contribution in [0.2, 0.25) is 0 Å². The molecule has 2 saturated heterocycles. The third kappa shape index (κ3) is 6.48. The molecule has 0 radical (unpaired) electrons. The average molecular weight is 593 g/mol. The van der Waals surface area contributed by atoms with Gasteiger partial charge in [0.15, 0.2) is 5.17 Å². The summed E-state index contributed by atoms with van der Waals surface area (Å²) in [5, 5.41) is 0.677. The van der Waals surface area contributed by atoms with Gasteiger partial charge in [-0.15, -0.1) is 0 Å². The van der Waals surface area contributed by atoms with Gasteiger partial charge >= 0.3 is 0 Å². The van der Waals surface area contributed by atoms with Crippen molar-refractivity contribution in [2.24, 2.45) is 4.99 Å². The van der Waals surface area contributed by atoms with Crippen LogP contribution in [0.25, 0.3) is 12.2 Å². The van der Waals surface area contributed by atoms with Crippen molar-refractivity contribution < 1.29 is 19.1 Å². The summed E-state index contributed by atoms with van der Waals surface area (Å²) < 4.78 is 5.64. The highest BCUT2D eigenvalue weighted by molar-refractivity contribution is 8.26. The number of methoxy groups -OCH3 is 1. The van der Waals surface area contributed by atoms with E-state index in [9.17, 15) is 14.4 Å². The molecular weight excluding hydrogens is 565 g/mol. The summed E-state index contributed by atoms with van der Waals surface area (Å²) in [7, 11) is 1.60. The van der Waals surface area contributed by atoms with Crippen molar-refractivity contribution in [3.63, 3.8) is 0 Å². The van der Waals surface area contributed by atoms with Crippen LogP contribution in [-0.2, 0) is 14.4 Å². The lowest BCUT2D eigenvalue weighted by molar-refractivity contribution is -0.133. The number of rotatable bonds is 6. The molecule has 40 heavy (non-hydrogen) atoms. The Hall–Kier alpha value is -3.41. The lowest BCUT2D eigenvalue weighted by atomic mass is 10.1. The zero-order chi connectivity index (χ0) is 28.2. The number of aryl methyl sites for hydroxylation is 1. The lowest BCUT2D eigenvalue weighted by Gasteiger charge is -2.35. The Kier molecular flexibility index (Phi) is 8.72. The van der Waals surface area contributed by atoms with Crippen molar-refractivity contribution >= 4 is 75.1 Å². The Morgan fingerprint density at radius 3 is 2.23 bits per heavy atom. The number of hydrogen-bond acceptors (Lipinski definition) is 8. The second-order valence-corrected chi connectivity index (χ2v) is 12.1. The Morgan fingerprint density at radius 2 is 1.57 bits per heavy atom. The van der Waals surface area contributed by atoms with E-state index in [1.54, 1.807) is 18.1 Å². The smallest absolute Gasteiger partial charge is 0.286 e. The van der Waals surface area contributed by atoms with Gasteiger partial charge < -0.3 is 14.5 Å². The molecule has 0 aromatic heterocycles. The summed E-state index contributed by atoms with van der Waals surface area (Å²) in [5.41, 5.74) is 3.00. The predicted molar refractivity (Wildman–Crippen MR) is 165 cm³/mol. The van der Waals surface area contributed by atoms with Crippen molar-refractivity contribution in [1.82, 2.24) is 14.7 Å². The fraction of sp³-hybridized carbons (Fsp3) is 0.276. The fourth-order valence-corrected chi connectivity index (χ4v) is 6.68. The molecule has 3 aliphatic heterocycles. The first-order valence-electron chi connectivity index (χ1n) is 12.8. The number of ether oxygens (including phenoxy) is 1. The molecule has 0 spiro atoms. The highest BCUT2D eigenvalue weighted by atomic mass is 32.2. The number of amidine groups is 1. The van der Waals surface area contributed by atoms with Crippen LogP contribution in [0.5, 0.6) is 5.75 Å². The third-order valence-electron chi connectivity index (χ3n) is 6.72. The molecule has 0 saturated carbocycles. The molecule has 5 rings (SSSR count). The van der Waals surface area contributed by atoms with E-state index < -0.39 is 0 Å². The quantitative estimate of drug-likeness (QED) is 0.361. The predicted octanol–water partition coefficient (Wildman–Crippen LogP) is 4.41. The largest absolute Gasteiger partial charge is 0.497 e. The molecule has 0 N–H and O–H groups in total. The van der Waals surface area contributed by atoms with E-state index in [0.717, 1.165) is 22.4 Å². The zero-order valence-corrected chi connectivity index (χ0v) is 24.6. The molecule has 0 aliphatic carbocycles. The standard InChI is InChI=1S/C29H28N4O4S3/c1-19-3-5-20(6-4-19)17-23-26(35)30-28(39-23)32-15-13-31(14-16-32)25(34)11-12-33-27(36)24(40-29(33)38)18-21-7-9-22(37-2)10-8-21/h3-10,17-18H,11-16H2,1-2H3. The number of piperazine rings is 1. The molecule has 0 unspecified atom stereocenters. The fourth-order valence-electron chi connectivity index (χ4n) is 4.40. The maximum absolute atomic E-state index is 13.0. The van der Waals surface area contributed by atoms with Crippen molar-refractivity contribution in [2.75, 3.05) is 39.8 Å². The Bertz CT molecular complexity index is 1430. The molecule has 8 nitrogen and oxygen atoms in total. The zero-order valence-electron chi connectivity index (χ0n) is 22.2. The first-order chi connectivity index (χ1) is 19.3. The second-order valence-electron chi connectivity index (χ2n) is 9.45. The van der Waals surface area contributed by atoms with Crippen LogP contribution >= 0.6 is 35.7 Å². The number of carbonyl (C=O) groups is 3. The molecule has 0 bridgehead atoms. The minimum atomic E-state index is -0.233. The third-order valence-corrected chi connectivity index (χ3v) is 9.15. The highest BCUT2D eigenvalue weighted by Gasteiger charge is 2.33. The van der Waals surface area contributed by atoms with Crippen molar-refractivity contribution in [3.8, 4) is 5.75 Å². The van der Waals surface area contributed by atoms with Crippen LogP contribution in [0, 0.1) is 6.92 Å². The van der Waals surface area contributed by atoms with Crippen molar-refractivity contribution in [1.29, 1.82) is 0 Å². The van der Waals surface area contributed by atoms with Gasteiger partial charge in [0.25, 0.3) is 11.8 Å². The van der Waals surface area contributed by atoms with Crippen LogP contribution in [0.15, 0.2) is 63.3 Å². The van der Waals surface area contributed by atoms with Gasteiger partial charge in [-0.1, -0.05) is 65.9 Å². The van der Waals surface area contributed by atoms with Crippen LogP contribution in [-0.4, -0.2) is 81.7 Å². The Balaban J connectivity index is 1.10. The number of nitrogens with zero attached hydrogens (tertiary/aromatic N) is 4. The van der Waals surface area contributed by atoms with E-state index in [0.29, 0.717) is 45.5 Å². The van der Waals surface area contributed by atoms with Gasteiger partial charge in [0.05, 0.1) is 16.9 Å². The van der Waals surface area contributed by atoms with Gasteiger partial charge in [0.1, 0.15) is 10.1 Å². The second kappa shape index (κ2) is 12.4. The van der Waals surface area contributed by atoms with Crippen molar-refractivity contribution in [2.45, 2.75) is 13.3 Å². The van der Waals surface area contributed by atoms with Gasteiger partial charge in [-0.25, -0.2) is 0 Å². The number of carbonyl (C=O) groups excluding carboxylic acids is 3.